The number of aliphatic hydroxyl groups is 1. The van der Waals surface area contributed by atoms with Crippen LogP contribution in [0.2, 0.25) is 0 Å². The zero-order valence-electron chi connectivity index (χ0n) is 10.1. The second kappa shape index (κ2) is 6.54. The number of halogens is 1. The topological polar surface area (TPSA) is 67.5 Å². The Morgan fingerprint density at radius 1 is 1.53 bits per heavy atom. The van der Waals surface area contributed by atoms with Gasteiger partial charge in [-0.3, -0.25) is 0 Å². The van der Waals surface area contributed by atoms with E-state index in [1.165, 1.54) is 25.3 Å². The number of hydrogen-bond donors (Lipinski definition) is 3. The van der Waals surface area contributed by atoms with E-state index in [9.17, 15) is 9.50 Å². The van der Waals surface area contributed by atoms with Crippen LogP contribution in [0.5, 0.6) is 5.75 Å². The smallest absolute Gasteiger partial charge is 0.124 e. The fourth-order valence-electron chi connectivity index (χ4n) is 1.79. The highest BCUT2D eigenvalue weighted by Crippen LogP contribution is 2.28. The zero-order chi connectivity index (χ0) is 12.8. The van der Waals surface area contributed by atoms with Crippen molar-refractivity contribution in [3.63, 3.8) is 0 Å². The summed E-state index contributed by atoms with van der Waals surface area (Å²) >= 11 is 0. The molecule has 0 spiro atoms. The summed E-state index contributed by atoms with van der Waals surface area (Å²) in [4.78, 5) is 0. The lowest BCUT2D eigenvalue weighted by molar-refractivity contribution is 0.125. The van der Waals surface area contributed by atoms with Crippen LogP contribution in [0, 0.1) is 5.82 Å². The highest BCUT2D eigenvalue weighted by Gasteiger charge is 2.22. The molecule has 0 saturated carbocycles. The number of likely N-dealkylation sites (N-methyl/N-ethyl adjacent to an activating group) is 1. The maximum absolute atomic E-state index is 13.2. The van der Waals surface area contributed by atoms with E-state index in [0.29, 0.717) is 24.3 Å². The number of benzene rings is 1. The molecular weight excluding hydrogens is 223 g/mol. The zero-order valence-corrected chi connectivity index (χ0v) is 10.1. The van der Waals surface area contributed by atoms with Crippen LogP contribution in [0.4, 0.5) is 4.39 Å². The number of hydrogen-bond acceptors (Lipinski definition) is 4. The molecule has 0 saturated heterocycles. The molecule has 1 rings (SSSR count). The van der Waals surface area contributed by atoms with Crippen molar-refractivity contribution in [3.05, 3.63) is 29.6 Å². The molecule has 1 aromatic rings. The van der Waals surface area contributed by atoms with E-state index in [4.69, 9.17) is 10.5 Å². The van der Waals surface area contributed by atoms with Crippen molar-refractivity contribution in [2.45, 2.75) is 18.6 Å². The third kappa shape index (κ3) is 3.39. The molecule has 0 heterocycles. The number of nitrogens with one attached hydrogen (secondary N) is 1. The minimum absolute atomic E-state index is 0.226. The predicted molar refractivity (Wildman–Crippen MR) is 64.4 cm³/mol. The third-order valence-corrected chi connectivity index (χ3v) is 2.74. The SMILES string of the molecule is CNC(CCN)C(O)c1cc(F)ccc1OC. The summed E-state index contributed by atoms with van der Waals surface area (Å²) in [5, 5.41) is 13.1. The van der Waals surface area contributed by atoms with Gasteiger partial charge >= 0.3 is 0 Å². The van der Waals surface area contributed by atoms with Gasteiger partial charge in [0.25, 0.3) is 0 Å². The first kappa shape index (κ1) is 13.9. The van der Waals surface area contributed by atoms with E-state index in [2.05, 4.69) is 5.32 Å². The van der Waals surface area contributed by atoms with Gasteiger partial charge in [-0.25, -0.2) is 4.39 Å². The first-order valence-corrected chi connectivity index (χ1v) is 5.52. The predicted octanol–water partition coefficient (Wildman–Crippen LogP) is 0.804. The lowest BCUT2D eigenvalue weighted by atomic mass is 9.99. The number of methoxy groups -OCH3 is 1. The van der Waals surface area contributed by atoms with E-state index >= 15 is 0 Å². The normalized spacial score (nSPS) is 14.4. The summed E-state index contributed by atoms with van der Waals surface area (Å²) in [6, 6.07) is 3.86. The van der Waals surface area contributed by atoms with Crippen LogP contribution in [-0.2, 0) is 0 Å². The Labute approximate surface area is 101 Å². The molecule has 5 heteroatoms. The van der Waals surface area contributed by atoms with Crippen molar-refractivity contribution >= 4 is 0 Å². The molecule has 0 aliphatic heterocycles. The fourth-order valence-corrected chi connectivity index (χ4v) is 1.79. The summed E-state index contributed by atoms with van der Waals surface area (Å²) in [5.41, 5.74) is 5.90. The Bertz CT molecular complexity index is 360. The van der Waals surface area contributed by atoms with Crippen molar-refractivity contribution in [1.82, 2.24) is 5.32 Å². The molecule has 0 aliphatic rings. The Kier molecular flexibility index (Phi) is 5.34. The highest BCUT2D eigenvalue weighted by molar-refractivity contribution is 5.36. The lowest BCUT2D eigenvalue weighted by Crippen LogP contribution is -2.34. The van der Waals surface area contributed by atoms with E-state index in [1.807, 2.05) is 0 Å². The first-order chi connectivity index (χ1) is 8.13. The minimum atomic E-state index is -0.853. The van der Waals surface area contributed by atoms with Gasteiger partial charge in [0.05, 0.1) is 13.2 Å². The van der Waals surface area contributed by atoms with Crippen molar-refractivity contribution in [2.24, 2.45) is 5.73 Å². The van der Waals surface area contributed by atoms with Gasteiger partial charge in [-0.05, 0) is 38.2 Å². The van der Waals surface area contributed by atoms with Gasteiger partial charge in [0.15, 0.2) is 0 Å². The maximum Gasteiger partial charge on any atom is 0.124 e. The van der Waals surface area contributed by atoms with Crippen molar-refractivity contribution in [1.29, 1.82) is 0 Å². The molecule has 96 valence electrons. The first-order valence-electron chi connectivity index (χ1n) is 5.52. The Balaban J connectivity index is 2.99. The molecular formula is C12H19FN2O2. The van der Waals surface area contributed by atoms with Crippen LogP contribution in [0.3, 0.4) is 0 Å². The van der Waals surface area contributed by atoms with Crippen molar-refractivity contribution in [2.75, 3.05) is 20.7 Å². The summed E-state index contributed by atoms with van der Waals surface area (Å²) in [6.45, 7) is 0.445. The van der Waals surface area contributed by atoms with Gasteiger partial charge in [-0.15, -0.1) is 0 Å². The molecule has 0 bridgehead atoms. The quantitative estimate of drug-likeness (QED) is 0.690. The van der Waals surface area contributed by atoms with Crippen LogP contribution in [0.15, 0.2) is 18.2 Å². The van der Waals surface area contributed by atoms with Gasteiger partial charge in [0.1, 0.15) is 11.6 Å². The Hall–Kier alpha value is -1.17. The van der Waals surface area contributed by atoms with Crippen LogP contribution < -0.4 is 15.8 Å². The Morgan fingerprint density at radius 2 is 2.24 bits per heavy atom. The molecule has 0 aliphatic carbocycles. The van der Waals surface area contributed by atoms with Gasteiger partial charge in [0.2, 0.25) is 0 Å². The van der Waals surface area contributed by atoms with Gasteiger partial charge < -0.3 is 20.9 Å². The van der Waals surface area contributed by atoms with Gasteiger partial charge in [-0.1, -0.05) is 0 Å². The molecule has 4 nitrogen and oxygen atoms in total. The fraction of sp³-hybridized carbons (Fsp3) is 0.500. The monoisotopic (exact) mass is 242 g/mol. The number of nitrogens with two attached hydrogens (primary N) is 1. The largest absolute Gasteiger partial charge is 0.496 e. The average Bonchev–Trinajstić information content (AvgIpc) is 2.35. The highest BCUT2D eigenvalue weighted by atomic mass is 19.1. The molecule has 0 amide bonds. The van der Waals surface area contributed by atoms with Crippen LogP contribution >= 0.6 is 0 Å². The van der Waals surface area contributed by atoms with E-state index in [0.717, 1.165) is 0 Å². The molecule has 0 radical (unpaired) electrons. The molecule has 4 N–H and O–H groups in total. The van der Waals surface area contributed by atoms with E-state index < -0.39 is 11.9 Å². The van der Waals surface area contributed by atoms with Crippen molar-refractivity contribution < 1.29 is 14.2 Å². The standard InChI is InChI=1S/C12H19FN2O2/c1-15-10(5-6-14)12(16)9-7-8(13)3-4-11(9)17-2/h3-4,7,10,12,15-16H,5-6,14H2,1-2H3. The van der Waals surface area contributed by atoms with Crippen LogP contribution in [0.25, 0.3) is 0 Å². The number of rotatable bonds is 6. The van der Waals surface area contributed by atoms with Gasteiger partial charge in [0, 0.05) is 11.6 Å². The molecule has 2 atom stereocenters. The van der Waals surface area contributed by atoms with Crippen LogP contribution in [-0.4, -0.2) is 31.9 Å². The second-order valence-electron chi connectivity index (χ2n) is 3.80. The summed E-state index contributed by atoms with van der Waals surface area (Å²) in [6.07, 6.45) is -0.258. The van der Waals surface area contributed by atoms with Crippen molar-refractivity contribution in [3.8, 4) is 5.75 Å². The Morgan fingerprint density at radius 3 is 2.76 bits per heavy atom. The maximum atomic E-state index is 13.2. The summed E-state index contributed by atoms with van der Waals surface area (Å²) in [5.74, 6) is 0.0682. The van der Waals surface area contributed by atoms with E-state index in [-0.39, 0.29) is 6.04 Å². The second-order valence-corrected chi connectivity index (χ2v) is 3.80. The van der Waals surface area contributed by atoms with Gasteiger partial charge in [-0.2, -0.15) is 0 Å². The molecule has 2 unspecified atom stereocenters. The van der Waals surface area contributed by atoms with E-state index in [1.54, 1.807) is 7.05 Å². The number of aliphatic hydroxyl groups excluding tert-OH is 1. The molecule has 17 heavy (non-hydrogen) atoms. The van der Waals surface area contributed by atoms with Crippen LogP contribution in [0.1, 0.15) is 18.1 Å². The summed E-state index contributed by atoms with van der Waals surface area (Å²) in [7, 11) is 3.22. The summed E-state index contributed by atoms with van der Waals surface area (Å²) < 4.78 is 18.3. The number of ether oxygens (including phenoxy) is 1. The minimum Gasteiger partial charge on any atom is -0.496 e. The molecule has 0 fully saturated rings. The third-order valence-electron chi connectivity index (χ3n) is 2.74. The molecule has 1 aromatic carbocycles. The lowest BCUT2D eigenvalue weighted by Gasteiger charge is -2.23. The molecule has 0 aromatic heterocycles. The average molecular weight is 242 g/mol.